The number of allylic oxidation sites excluding steroid dienone is 2. The minimum atomic E-state index is -0.211. The number of H-pyrrole nitrogens is 1. The van der Waals surface area contributed by atoms with E-state index < -0.39 is 0 Å². The predicted molar refractivity (Wildman–Crippen MR) is 106 cm³/mol. The van der Waals surface area contributed by atoms with Gasteiger partial charge in [-0.05, 0) is 72.7 Å². The van der Waals surface area contributed by atoms with Crippen LogP contribution < -0.4 is 0 Å². The fourth-order valence-corrected chi connectivity index (χ4v) is 3.45. The Morgan fingerprint density at radius 2 is 1.92 bits per heavy atom. The van der Waals surface area contributed by atoms with E-state index >= 15 is 0 Å². The molecule has 0 radical (unpaired) electrons. The molecule has 1 heterocycles. The van der Waals surface area contributed by atoms with Crippen molar-refractivity contribution in [1.82, 2.24) is 4.98 Å². The van der Waals surface area contributed by atoms with Gasteiger partial charge in [0, 0.05) is 16.1 Å². The summed E-state index contributed by atoms with van der Waals surface area (Å²) >= 11 is 6.06. The molecule has 0 aliphatic heterocycles. The molecular weight excluding hydrogens is 333 g/mol. The van der Waals surface area contributed by atoms with Crippen molar-refractivity contribution in [2.45, 2.75) is 26.7 Å². The van der Waals surface area contributed by atoms with E-state index in [-0.39, 0.29) is 5.82 Å². The Balaban J connectivity index is 1.83. The zero-order valence-corrected chi connectivity index (χ0v) is 15.3. The SMILES string of the molecule is C=C(CCc1c(C)[nH]c2c(F)ccc(C)c12)C(=C)c1cccc(Cl)c1. The zero-order chi connectivity index (χ0) is 18.1. The van der Waals surface area contributed by atoms with Gasteiger partial charge >= 0.3 is 0 Å². The lowest BCUT2D eigenvalue weighted by molar-refractivity contribution is 0.637. The summed E-state index contributed by atoms with van der Waals surface area (Å²) in [7, 11) is 0. The van der Waals surface area contributed by atoms with Gasteiger partial charge in [0.15, 0.2) is 0 Å². The monoisotopic (exact) mass is 353 g/mol. The Morgan fingerprint density at radius 3 is 2.64 bits per heavy atom. The lowest BCUT2D eigenvalue weighted by Crippen LogP contribution is -1.93. The van der Waals surface area contributed by atoms with Crippen molar-refractivity contribution in [1.29, 1.82) is 0 Å². The van der Waals surface area contributed by atoms with E-state index in [1.165, 1.54) is 6.07 Å². The number of fused-ring (bicyclic) bond motifs is 1. The minimum Gasteiger partial charge on any atom is -0.356 e. The highest BCUT2D eigenvalue weighted by molar-refractivity contribution is 6.30. The van der Waals surface area contributed by atoms with Crippen LogP contribution in [0.1, 0.15) is 28.8 Å². The number of hydrogen-bond donors (Lipinski definition) is 1. The van der Waals surface area contributed by atoms with E-state index in [0.717, 1.165) is 51.8 Å². The van der Waals surface area contributed by atoms with Gasteiger partial charge in [0.05, 0.1) is 5.52 Å². The lowest BCUT2D eigenvalue weighted by atomic mass is 9.94. The molecular formula is C22H21ClFN. The van der Waals surface area contributed by atoms with Crippen LogP contribution in [0.3, 0.4) is 0 Å². The number of rotatable bonds is 5. The Morgan fingerprint density at radius 1 is 1.16 bits per heavy atom. The fraction of sp³-hybridized carbons (Fsp3) is 0.182. The Kier molecular flexibility index (Phi) is 4.82. The molecule has 0 saturated heterocycles. The zero-order valence-electron chi connectivity index (χ0n) is 14.5. The maximum Gasteiger partial charge on any atom is 0.147 e. The van der Waals surface area contributed by atoms with Crippen LogP contribution in [-0.2, 0) is 6.42 Å². The van der Waals surface area contributed by atoms with E-state index in [1.807, 2.05) is 44.2 Å². The molecule has 0 amide bonds. The van der Waals surface area contributed by atoms with Crippen molar-refractivity contribution < 1.29 is 4.39 Å². The van der Waals surface area contributed by atoms with Crippen molar-refractivity contribution in [2.75, 3.05) is 0 Å². The van der Waals surface area contributed by atoms with Crippen LogP contribution in [-0.4, -0.2) is 4.98 Å². The highest BCUT2D eigenvalue weighted by Crippen LogP contribution is 2.31. The van der Waals surface area contributed by atoms with Crippen molar-refractivity contribution in [3.63, 3.8) is 0 Å². The third-order valence-electron chi connectivity index (χ3n) is 4.71. The normalized spacial score (nSPS) is 11.0. The van der Waals surface area contributed by atoms with Gasteiger partial charge < -0.3 is 4.98 Å². The van der Waals surface area contributed by atoms with Crippen LogP contribution in [0.15, 0.2) is 55.1 Å². The summed E-state index contributed by atoms with van der Waals surface area (Å²) < 4.78 is 14.1. The Bertz CT molecular complexity index is 981. The highest BCUT2D eigenvalue weighted by Gasteiger charge is 2.14. The summed E-state index contributed by atoms with van der Waals surface area (Å²) in [5.41, 5.74) is 6.65. The molecule has 0 spiro atoms. The first-order chi connectivity index (χ1) is 11.9. The minimum absolute atomic E-state index is 0.211. The van der Waals surface area contributed by atoms with Gasteiger partial charge in [-0.3, -0.25) is 0 Å². The first-order valence-electron chi connectivity index (χ1n) is 8.27. The quantitative estimate of drug-likeness (QED) is 0.486. The summed E-state index contributed by atoms with van der Waals surface area (Å²) in [5.74, 6) is -0.211. The van der Waals surface area contributed by atoms with Gasteiger partial charge in [-0.25, -0.2) is 4.39 Å². The molecule has 1 nitrogen and oxygen atoms in total. The van der Waals surface area contributed by atoms with Crippen molar-refractivity contribution in [3.8, 4) is 0 Å². The lowest BCUT2D eigenvalue weighted by Gasteiger charge is -2.11. The van der Waals surface area contributed by atoms with Crippen LogP contribution in [0.2, 0.25) is 5.02 Å². The van der Waals surface area contributed by atoms with Gasteiger partial charge in [-0.15, -0.1) is 0 Å². The highest BCUT2D eigenvalue weighted by atomic mass is 35.5. The molecule has 0 unspecified atom stereocenters. The topological polar surface area (TPSA) is 15.8 Å². The first kappa shape index (κ1) is 17.5. The van der Waals surface area contributed by atoms with Crippen molar-refractivity contribution in [3.05, 3.63) is 88.4 Å². The average molecular weight is 354 g/mol. The molecule has 25 heavy (non-hydrogen) atoms. The van der Waals surface area contributed by atoms with Crippen LogP contribution in [0.4, 0.5) is 4.39 Å². The molecule has 3 rings (SSSR count). The van der Waals surface area contributed by atoms with Crippen LogP contribution in [0, 0.1) is 19.7 Å². The number of hydrogen-bond acceptors (Lipinski definition) is 0. The van der Waals surface area contributed by atoms with Crippen LogP contribution >= 0.6 is 11.6 Å². The molecule has 0 fully saturated rings. The number of aromatic nitrogens is 1. The third kappa shape index (κ3) is 3.40. The second-order valence-electron chi connectivity index (χ2n) is 6.44. The molecule has 0 saturated carbocycles. The van der Waals surface area contributed by atoms with E-state index in [4.69, 9.17) is 11.6 Å². The Hall–Kier alpha value is -2.32. The van der Waals surface area contributed by atoms with Crippen molar-refractivity contribution in [2.24, 2.45) is 0 Å². The second-order valence-corrected chi connectivity index (χ2v) is 6.87. The second kappa shape index (κ2) is 6.89. The maximum atomic E-state index is 14.1. The molecule has 0 bridgehead atoms. The maximum absolute atomic E-state index is 14.1. The molecule has 128 valence electrons. The van der Waals surface area contributed by atoms with E-state index in [9.17, 15) is 4.39 Å². The molecule has 1 N–H and O–H groups in total. The standard InChI is InChI=1S/C22H21ClFN/c1-13(15(3)17-6-5-7-18(23)12-17)8-10-19-16(4)25-22-20(24)11-9-14(2)21(19)22/h5-7,9,11-12,25H,1,3,8,10H2,2,4H3. The molecule has 0 atom stereocenters. The third-order valence-corrected chi connectivity index (χ3v) is 4.94. The van der Waals surface area contributed by atoms with Gasteiger partial charge in [0.1, 0.15) is 5.82 Å². The molecule has 1 aromatic heterocycles. The largest absolute Gasteiger partial charge is 0.356 e. The molecule has 3 aromatic rings. The number of aryl methyl sites for hydroxylation is 3. The van der Waals surface area contributed by atoms with Gasteiger partial charge in [-0.2, -0.15) is 0 Å². The van der Waals surface area contributed by atoms with Gasteiger partial charge in [0.2, 0.25) is 0 Å². The number of benzene rings is 2. The fourth-order valence-electron chi connectivity index (χ4n) is 3.26. The summed E-state index contributed by atoms with van der Waals surface area (Å²) in [6.07, 6.45) is 1.55. The number of aromatic amines is 1. The van der Waals surface area contributed by atoms with Crippen molar-refractivity contribution >= 4 is 28.1 Å². The predicted octanol–water partition coefficient (Wildman–Crippen LogP) is 6.78. The smallest absolute Gasteiger partial charge is 0.147 e. The molecule has 3 heteroatoms. The summed E-state index contributed by atoms with van der Waals surface area (Å²) in [5, 5.41) is 1.67. The molecule has 0 aliphatic rings. The van der Waals surface area contributed by atoms with Crippen LogP contribution in [0.25, 0.3) is 16.5 Å². The summed E-state index contributed by atoms with van der Waals surface area (Å²) in [6, 6.07) is 11.0. The molecule has 0 aliphatic carbocycles. The summed E-state index contributed by atoms with van der Waals surface area (Å²) in [4.78, 5) is 3.18. The van der Waals surface area contributed by atoms with E-state index in [0.29, 0.717) is 10.5 Å². The number of nitrogens with one attached hydrogen (secondary N) is 1. The number of halogens is 2. The van der Waals surface area contributed by atoms with Crippen LogP contribution in [0.5, 0.6) is 0 Å². The van der Waals surface area contributed by atoms with E-state index in [2.05, 4.69) is 18.1 Å². The molecule has 2 aromatic carbocycles. The van der Waals surface area contributed by atoms with Gasteiger partial charge in [-0.1, -0.05) is 43.0 Å². The average Bonchev–Trinajstić information content (AvgIpc) is 2.93. The van der Waals surface area contributed by atoms with Gasteiger partial charge in [0.25, 0.3) is 0 Å². The summed E-state index contributed by atoms with van der Waals surface area (Å²) in [6.45, 7) is 12.3. The van der Waals surface area contributed by atoms with E-state index in [1.54, 1.807) is 0 Å². The first-order valence-corrected chi connectivity index (χ1v) is 8.65. The Labute approximate surface area is 152 Å².